The van der Waals surface area contributed by atoms with E-state index in [9.17, 15) is 9.59 Å². The maximum Gasteiger partial charge on any atom is 0.326 e. The molecule has 1 N–H and O–H groups in total. The van der Waals surface area contributed by atoms with Gasteiger partial charge >= 0.3 is 6.03 Å². The number of urea groups is 1. The quantitative estimate of drug-likeness (QED) is 0.557. The van der Waals surface area contributed by atoms with E-state index >= 15 is 0 Å². The van der Waals surface area contributed by atoms with E-state index in [0.717, 1.165) is 27.5 Å². The number of pyridine rings is 1. The lowest BCUT2D eigenvalue weighted by atomic mass is 10.1. The molecule has 1 aliphatic rings. The van der Waals surface area contributed by atoms with E-state index in [0.29, 0.717) is 18.0 Å². The number of rotatable bonds is 5. The molecule has 0 bridgehead atoms. The summed E-state index contributed by atoms with van der Waals surface area (Å²) in [6, 6.07) is 18.9. The number of hydrogen-bond acceptors (Lipinski definition) is 5. The average Bonchev–Trinajstić information content (AvgIpc) is 2.77. The van der Waals surface area contributed by atoms with Gasteiger partial charge < -0.3 is 10.1 Å². The van der Waals surface area contributed by atoms with E-state index in [-0.39, 0.29) is 17.9 Å². The van der Waals surface area contributed by atoms with Crippen LogP contribution in [0.5, 0.6) is 5.75 Å². The number of ketones is 1. The number of para-hydroxylation sites is 1. The van der Waals surface area contributed by atoms with Crippen LogP contribution < -0.4 is 15.0 Å². The number of Topliss-reactive ketones (excluding diaryl/α,β-unsaturated/α-hetero) is 1. The van der Waals surface area contributed by atoms with E-state index in [4.69, 9.17) is 4.74 Å². The zero-order chi connectivity index (χ0) is 21.8. The first-order valence-corrected chi connectivity index (χ1v) is 11.0. The van der Waals surface area contributed by atoms with E-state index in [1.54, 1.807) is 18.0 Å². The summed E-state index contributed by atoms with van der Waals surface area (Å²) in [5.41, 5.74) is 3.37. The van der Waals surface area contributed by atoms with Crippen LogP contribution in [0.25, 0.3) is 11.1 Å². The summed E-state index contributed by atoms with van der Waals surface area (Å²) in [7, 11) is 0. The third kappa shape index (κ3) is 5.06. The van der Waals surface area contributed by atoms with Gasteiger partial charge in [0.25, 0.3) is 0 Å². The molecular weight excluding hydrogens is 410 g/mol. The lowest BCUT2D eigenvalue weighted by molar-refractivity contribution is -0.114. The molecule has 2 heterocycles. The van der Waals surface area contributed by atoms with E-state index in [1.807, 2.05) is 67.6 Å². The second-order valence-corrected chi connectivity index (χ2v) is 8.39. The second kappa shape index (κ2) is 9.22. The molecule has 2 amide bonds. The maximum atomic E-state index is 12.9. The van der Waals surface area contributed by atoms with Crippen molar-refractivity contribution in [3.8, 4) is 16.9 Å². The molecule has 158 valence electrons. The molecule has 0 saturated heterocycles. The van der Waals surface area contributed by atoms with Crippen molar-refractivity contribution in [2.75, 3.05) is 22.5 Å². The van der Waals surface area contributed by atoms with Crippen LogP contribution in [0.15, 0.2) is 71.9 Å². The van der Waals surface area contributed by atoms with Crippen molar-refractivity contribution < 1.29 is 14.3 Å². The Balaban J connectivity index is 1.55. The van der Waals surface area contributed by atoms with Crippen LogP contribution in [-0.4, -0.2) is 35.2 Å². The van der Waals surface area contributed by atoms with Gasteiger partial charge in [0.05, 0.1) is 23.0 Å². The normalized spacial score (nSPS) is 15.0. The second-order valence-electron chi connectivity index (χ2n) is 7.39. The Morgan fingerprint density at radius 2 is 1.90 bits per heavy atom. The smallest absolute Gasteiger partial charge is 0.326 e. The lowest BCUT2D eigenvalue weighted by Gasteiger charge is -2.33. The molecule has 7 heteroatoms. The van der Waals surface area contributed by atoms with E-state index in [1.165, 1.54) is 11.8 Å². The van der Waals surface area contributed by atoms with E-state index in [2.05, 4.69) is 10.3 Å². The summed E-state index contributed by atoms with van der Waals surface area (Å²) >= 11 is 1.42. The van der Waals surface area contributed by atoms with Crippen LogP contribution in [0.1, 0.15) is 13.8 Å². The number of carbonyl (C=O) groups is 2. The predicted molar refractivity (Wildman–Crippen MR) is 124 cm³/mol. The molecule has 1 aromatic heterocycles. The number of nitrogens with zero attached hydrogens (tertiary/aromatic N) is 2. The van der Waals surface area contributed by atoms with Crippen LogP contribution in [-0.2, 0) is 4.79 Å². The zero-order valence-electron chi connectivity index (χ0n) is 17.4. The minimum absolute atomic E-state index is 0.123. The molecule has 2 aromatic carbocycles. The summed E-state index contributed by atoms with van der Waals surface area (Å²) in [4.78, 5) is 30.2. The molecule has 0 radical (unpaired) electrons. The van der Waals surface area contributed by atoms with Gasteiger partial charge in [-0.1, -0.05) is 42.1 Å². The topological polar surface area (TPSA) is 71.5 Å². The number of anilines is 2. The Morgan fingerprint density at radius 3 is 2.61 bits per heavy atom. The summed E-state index contributed by atoms with van der Waals surface area (Å²) in [6.45, 7) is 3.98. The van der Waals surface area contributed by atoms with Gasteiger partial charge in [-0.15, -0.1) is 0 Å². The van der Waals surface area contributed by atoms with Gasteiger partial charge in [0, 0.05) is 17.4 Å². The molecule has 4 rings (SSSR count). The number of benzene rings is 2. The largest absolute Gasteiger partial charge is 0.487 e. The van der Waals surface area contributed by atoms with Gasteiger partial charge in [-0.3, -0.25) is 9.69 Å². The van der Waals surface area contributed by atoms with Gasteiger partial charge in [-0.2, -0.15) is 0 Å². The molecule has 1 aliphatic heterocycles. The SMILES string of the molecule is CC(=O)CSc1ccc(-c2ccc3c(c2)OC(C)CN3C(=O)Nc2ccccc2)cn1. The molecule has 0 spiro atoms. The van der Waals surface area contributed by atoms with Crippen molar-refractivity contribution in [1.82, 2.24) is 4.98 Å². The number of thioether (sulfide) groups is 1. The minimum atomic E-state index is -0.191. The van der Waals surface area contributed by atoms with Crippen molar-refractivity contribution >= 4 is 35.0 Å². The Bertz CT molecular complexity index is 1090. The molecule has 1 atom stereocenters. The highest BCUT2D eigenvalue weighted by atomic mass is 32.2. The number of ether oxygens (including phenoxy) is 1. The van der Waals surface area contributed by atoms with Crippen LogP contribution in [0.3, 0.4) is 0 Å². The van der Waals surface area contributed by atoms with Gasteiger partial charge in [0.15, 0.2) is 0 Å². The van der Waals surface area contributed by atoms with Gasteiger partial charge in [0.2, 0.25) is 0 Å². The van der Waals surface area contributed by atoms with Crippen molar-refractivity contribution in [3.63, 3.8) is 0 Å². The Kier molecular flexibility index (Phi) is 6.23. The molecule has 1 unspecified atom stereocenters. The number of aromatic nitrogens is 1. The lowest BCUT2D eigenvalue weighted by Crippen LogP contribution is -2.44. The minimum Gasteiger partial charge on any atom is -0.487 e. The van der Waals surface area contributed by atoms with Crippen molar-refractivity contribution in [2.24, 2.45) is 0 Å². The molecule has 0 saturated carbocycles. The predicted octanol–water partition coefficient (Wildman–Crippen LogP) is 5.25. The fourth-order valence-corrected chi connectivity index (χ4v) is 3.98. The van der Waals surface area contributed by atoms with Crippen LogP contribution in [0, 0.1) is 0 Å². The fraction of sp³-hybridized carbons (Fsp3) is 0.208. The molecule has 0 fully saturated rings. The number of nitrogens with one attached hydrogen (secondary N) is 1. The Labute approximate surface area is 185 Å². The van der Waals surface area contributed by atoms with Crippen molar-refractivity contribution in [3.05, 3.63) is 66.9 Å². The first-order chi connectivity index (χ1) is 15.0. The monoisotopic (exact) mass is 433 g/mol. The van der Waals surface area contributed by atoms with Crippen molar-refractivity contribution in [2.45, 2.75) is 25.0 Å². The highest BCUT2D eigenvalue weighted by Gasteiger charge is 2.28. The Morgan fingerprint density at radius 1 is 1.13 bits per heavy atom. The van der Waals surface area contributed by atoms with E-state index < -0.39 is 0 Å². The van der Waals surface area contributed by atoms with Gasteiger partial charge in [-0.25, -0.2) is 9.78 Å². The number of hydrogen-bond donors (Lipinski definition) is 1. The van der Waals surface area contributed by atoms with Crippen LogP contribution >= 0.6 is 11.8 Å². The average molecular weight is 434 g/mol. The molecule has 31 heavy (non-hydrogen) atoms. The van der Waals surface area contributed by atoms with Crippen LogP contribution in [0.4, 0.5) is 16.2 Å². The highest BCUT2D eigenvalue weighted by Crippen LogP contribution is 2.37. The Hall–Kier alpha value is -3.32. The summed E-state index contributed by atoms with van der Waals surface area (Å²) in [5.74, 6) is 1.20. The first kappa shape index (κ1) is 20.9. The standard InChI is InChI=1S/C24H23N3O3S/c1-16(28)15-31-23-11-9-19(13-25-23)18-8-10-21-22(12-18)30-17(2)14-27(21)24(29)26-20-6-4-3-5-7-20/h3-13,17H,14-15H2,1-2H3,(H,26,29). The first-order valence-electron chi connectivity index (χ1n) is 10.0. The maximum absolute atomic E-state index is 12.9. The molecule has 0 aliphatic carbocycles. The third-order valence-corrected chi connectivity index (χ3v) is 5.87. The van der Waals surface area contributed by atoms with Gasteiger partial charge in [-0.05, 0) is 49.7 Å². The zero-order valence-corrected chi connectivity index (χ0v) is 18.2. The highest BCUT2D eigenvalue weighted by molar-refractivity contribution is 7.99. The molecule has 3 aromatic rings. The number of fused-ring (bicyclic) bond motifs is 1. The summed E-state index contributed by atoms with van der Waals surface area (Å²) in [6.07, 6.45) is 1.66. The number of amides is 2. The van der Waals surface area contributed by atoms with Gasteiger partial charge in [0.1, 0.15) is 17.6 Å². The fourth-order valence-electron chi connectivity index (χ4n) is 3.34. The molecule has 6 nitrogen and oxygen atoms in total. The van der Waals surface area contributed by atoms with Crippen LogP contribution in [0.2, 0.25) is 0 Å². The van der Waals surface area contributed by atoms with Crippen molar-refractivity contribution in [1.29, 1.82) is 0 Å². The third-order valence-electron chi connectivity index (χ3n) is 4.78. The molecular formula is C24H23N3O3S. The number of carbonyl (C=O) groups excluding carboxylic acids is 2. The summed E-state index contributed by atoms with van der Waals surface area (Å²) in [5, 5.41) is 3.75. The summed E-state index contributed by atoms with van der Waals surface area (Å²) < 4.78 is 6.03.